The van der Waals surface area contributed by atoms with E-state index in [-0.39, 0.29) is 10.8 Å². The predicted octanol–water partition coefficient (Wildman–Crippen LogP) is 2.17. The van der Waals surface area contributed by atoms with Crippen LogP contribution in [0.1, 0.15) is 33.9 Å². The van der Waals surface area contributed by atoms with E-state index in [1.165, 1.54) is 27.8 Å². The zero-order chi connectivity index (χ0) is 17.2. The van der Waals surface area contributed by atoms with Gasteiger partial charge >= 0.3 is 0 Å². The molecule has 0 atom stereocenters. The maximum Gasteiger partial charge on any atom is 0.251 e. The number of hydrogen-bond donors (Lipinski definition) is 1. The van der Waals surface area contributed by atoms with Gasteiger partial charge in [0.15, 0.2) is 0 Å². The van der Waals surface area contributed by atoms with Crippen LogP contribution >= 0.6 is 11.3 Å². The number of carbonyl (C=O) groups is 1. The van der Waals surface area contributed by atoms with Gasteiger partial charge in [-0.15, -0.1) is 11.3 Å². The summed E-state index contributed by atoms with van der Waals surface area (Å²) >= 11 is 1.52. The fraction of sp³-hybridized carbons (Fsp3) is 0.375. The Morgan fingerprint density at radius 2 is 2.08 bits per heavy atom. The summed E-state index contributed by atoms with van der Waals surface area (Å²) in [5.41, 5.74) is 1.13. The van der Waals surface area contributed by atoms with Crippen LogP contribution in [0, 0.1) is 6.92 Å². The van der Waals surface area contributed by atoms with E-state index < -0.39 is 10.0 Å². The molecule has 0 saturated carbocycles. The van der Waals surface area contributed by atoms with E-state index in [0.717, 1.165) is 23.5 Å². The molecule has 0 spiro atoms. The molecule has 1 saturated heterocycles. The summed E-state index contributed by atoms with van der Waals surface area (Å²) in [6, 6.07) is 6.19. The molecule has 1 amide bonds. The third-order valence-electron chi connectivity index (χ3n) is 3.90. The molecule has 1 aromatic heterocycles. The number of carbonyl (C=O) groups excluding carboxylic acids is 1. The molecule has 1 N–H and O–H groups in total. The van der Waals surface area contributed by atoms with E-state index in [0.29, 0.717) is 25.2 Å². The molecule has 2 aromatic rings. The molecule has 2 heterocycles. The van der Waals surface area contributed by atoms with Crippen LogP contribution in [0.15, 0.2) is 34.5 Å². The highest BCUT2D eigenvalue weighted by Crippen LogP contribution is 2.21. The SMILES string of the molecule is Cc1nc(CNC(=O)c2cccc(S(=O)(=O)N3CCCC3)c2)cs1. The molecule has 1 aliphatic heterocycles. The highest BCUT2D eigenvalue weighted by atomic mass is 32.2. The van der Waals surface area contributed by atoms with Gasteiger partial charge in [-0.2, -0.15) is 4.31 Å². The maximum absolute atomic E-state index is 12.6. The lowest BCUT2D eigenvalue weighted by molar-refractivity contribution is 0.0950. The number of amides is 1. The van der Waals surface area contributed by atoms with Gasteiger partial charge < -0.3 is 5.32 Å². The Labute approximate surface area is 145 Å². The first kappa shape index (κ1) is 17.1. The van der Waals surface area contributed by atoms with Gasteiger partial charge in [-0.1, -0.05) is 6.07 Å². The Morgan fingerprint density at radius 3 is 2.75 bits per heavy atom. The van der Waals surface area contributed by atoms with Gasteiger partial charge in [-0.3, -0.25) is 4.79 Å². The summed E-state index contributed by atoms with van der Waals surface area (Å²) in [4.78, 5) is 16.7. The number of nitrogens with one attached hydrogen (secondary N) is 1. The van der Waals surface area contributed by atoms with Gasteiger partial charge in [0.05, 0.1) is 22.1 Å². The average Bonchev–Trinajstić information content (AvgIpc) is 3.24. The summed E-state index contributed by atoms with van der Waals surface area (Å²) in [6.45, 7) is 3.32. The van der Waals surface area contributed by atoms with E-state index in [2.05, 4.69) is 10.3 Å². The van der Waals surface area contributed by atoms with Gasteiger partial charge in [-0.25, -0.2) is 13.4 Å². The lowest BCUT2D eigenvalue weighted by Gasteiger charge is -2.16. The largest absolute Gasteiger partial charge is 0.346 e. The number of rotatable bonds is 5. The molecular formula is C16H19N3O3S2. The van der Waals surface area contributed by atoms with E-state index in [1.54, 1.807) is 12.1 Å². The Hall–Kier alpha value is -1.77. The molecule has 1 aliphatic rings. The van der Waals surface area contributed by atoms with Gasteiger partial charge in [0, 0.05) is 24.0 Å². The van der Waals surface area contributed by atoms with Crippen LogP contribution in [0.2, 0.25) is 0 Å². The molecule has 0 bridgehead atoms. The quantitative estimate of drug-likeness (QED) is 0.881. The number of aromatic nitrogens is 1. The van der Waals surface area contributed by atoms with Crippen LogP contribution in [-0.2, 0) is 16.6 Å². The number of aryl methyl sites for hydroxylation is 1. The Bertz CT molecular complexity index is 840. The monoisotopic (exact) mass is 365 g/mol. The lowest BCUT2D eigenvalue weighted by atomic mass is 10.2. The summed E-state index contributed by atoms with van der Waals surface area (Å²) in [6.07, 6.45) is 1.76. The second kappa shape index (κ2) is 7.00. The van der Waals surface area contributed by atoms with E-state index in [1.807, 2.05) is 12.3 Å². The molecule has 3 rings (SSSR count). The van der Waals surface area contributed by atoms with Crippen molar-refractivity contribution in [3.63, 3.8) is 0 Å². The zero-order valence-corrected chi connectivity index (χ0v) is 15.0. The highest BCUT2D eigenvalue weighted by molar-refractivity contribution is 7.89. The summed E-state index contributed by atoms with van der Waals surface area (Å²) in [5.74, 6) is -0.306. The van der Waals surface area contributed by atoms with Crippen molar-refractivity contribution in [2.24, 2.45) is 0 Å². The zero-order valence-electron chi connectivity index (χ0n) is 13.4. The minimum Gasteiger partial charge on any atom is -0.346 e. The Balaban J connectivity index is 1.73. The second-order valence-corrected chi connectivity index (χ2v) is 8.68. The lowest BCUT2D eigenvalue weighted by Crippen LogP contribution is -2.28. The van der Waals surface area contributed by atoms with E-state index in [9.17, 15) is 13.2 Å². The molecular weight excluding hydrogens is 346 g/mol. The van der Waals surface area contributed by atoms with Gasteiger partial charge in [-0.05, 0) is 38.0 Å². The number of nitrogens with zero attached hydrogens (tertiary/aromatic N) is 2. The molecule has 0 aliphatic carbocycles. The van der Waals surface area contributed by atoms with Crippen molar-refractivity contribution in [3.05, 3.63) is 45.9 Å². The van der Waals surface area contributed by atoms with Crippen LogP contribution < -0.4 is 5.32 Å². The topological polar surface area (TPSA) is 79.4 Å². The van der Waals surface area contributed by atoms with Crippen LogP contribution in [0.5, 0.6) is 0 Å². The van der Waals surface area contributed by atoms with Crippen LogP contribution in [0.4, 0.5) is 0 Å². The first-order chi connectivity index (χ1) is 11.5. The van der Waals surface area contributed by atoms with Crippen molar-refractivity contribution in [3.8, 4) is 0 Å². The first-order valence-electron chi connectivity index (χ1n) is 7.76. The summed E-state index contributed by atoms with van der Waals surface area (Å²) < 4.78 is 26.6. The molecule has 0 unspecified atom stereocenters. The van der Waals surface area contributed by atoms with Crippen molar-refractivity contribution in [2.75, 3.05) is 13.1 Å². The highest BCUT2D eigenvalue weighted by Gasteiger charge is 2.27. The number of benzene rings is 1. The number of thiazole rings is 1. The maximum atomic E-state index is 12.6. The minimum absolute atomic E-state index is 0.168. The fourth-order valence-corrected chi connectivity index (χ4v) is 4.81. The molecule has 6 nitrogen and oxygen atoms in total. The molecule has 8 heteroatoms. The van der Waals surface area contributed by atoms with E-state index in [4.69, 9.17) is 0 Å². The summed E-state index contributed by atoms with van der Waals surface area (Å²) in [5, 5.41) is 5.61. The molecule has 0 radical (unpaired) electrons. The molecule has 1 aromatic carbocycles. The van der Waals surface area contributed by atoms with Crippen molar-refractivity contribution >= 4 is 27.3 Å². The predicted molar refractivity (Wildman–Crippen MR) is 92.5 cm³/mol. The average molecular weight is 365 g/mol. The standard InChI is InChI=1S/C16H19N3O3S2/c1-12-18-14(11-23-12)10-17-16(20)13-5-4-6-15(9-13)24(21,22)19-7-2-3-8-19/h4-6,9,11H,2-3,7-8,10H2,1H3,(H,17,20). The summed E-state index contributed by atoms with van der Waals surface area (Å²) in [7, 11) is -3.52. The van der Waals surface area contributed by atoms with Crippen molar-refractivity contribution < 1.29 is 13.2 Å². The third kappa shape index (κ3) is 3.66. The van der Waals surface area contributed by atoms with Gasteiger partial charge in [0.1, 0.15) is 0 Å². The number of hydrogen-bond acceptors (Lipinski definition) is 5. The first-order valence-corrected chi connectivity index (χ1v) is 10.1. The molecule has 128 valence electrons. The fourth-order valence-electron chi connectivity index (χ4n) is 2.64. The molecule has 1 fully saturated rings. The Morgan fingerprint density at radius 1 is 1.33 bits per heavy atom. The van der Waals surface area contributed by atoms with Crippen LogP contribution in [0.3, 0.4) is 0 Å². The number of sulfonamides is 1. The van der Waals surface area contributed by atoms with Crippen molar-refractivity contribution in [1.82, 2.24) is 14.6 Å². The Kier molecular flexibility index (Phi) is 4.98. The normalized spacial score (nSPS) is 15.5. The van der Waals surface area contributed by atoms with Crippen LogP contribution in [0.25, 0.3) is 0 Å². The van der Waals surface area contributed by atoms with Crippen LogP contribution in [-0.4, -0.2) is 36.7 Å². The smallest absolute Gasteiger partial charge is 0.251 e. The van der Waals surface area contributed by atoms with E-state index >= 15 is 0 Å². The van der Waals surface area contributed by atoms with Crippen molar-refractivity contribution in [2.45, 2.75) is 31.2 Å². The minimum atomic E-state index is -3.52. The second-order valence-electron chi connectivity index (χ2n) is 5.68. The van der Waals surface area contributed by atoms with Gasteiger partial charge in [0.2, 0.25) is 10.0 Å². The van der Waals surface area contributed by atoms with Crippen molar-refractivity contribution in [1.29, 1.82) is 0 Å². The third-order valence-corrected chi connectivity index (χ3v) is 6.61. The molecule has 24 heavy (non-hydrogen) atoms. The van der Waals surface area contributed by atoms with Gasteiger partial charge in [0.25, 0.3) is 5.91 Å².